The molecule has 1 aliphatic heterocycles. The molecule has 10 heteroatoms. The van der Waals surface area contributed by atoms with E-state index in [1.807, 2.05) is 19.9 Å². The fourth-order valence-electron chi connectivity index (χ4n) is 4.61. The zero-order valence-corrected chi connectivity index (χ0v) is 21.3. The molecule has 3 heterocycles. The summed E-state index contributed by atoms with van der Waals surface area (Å²) in [6, 6.07) is 14.5. The molecule has 0 saturated carbocycles. The molecule has 10 nitrogen and oxygen atoms in total. The Morgan fingerprint density at radius 2 is 1.66 bits per heavy atom. The van der Waals surface area contributed by atoms with Gasteiger partial charge in [-0.05, 0) is 81.8 Å². The summed E-state index contributed by atoms with van der Waals surface area (Å²) in [6.07, 6.45) is 1.43. The number of para-hydroxylation sites is 1. The Morgan fingerprint density at radius 1 is 0.947 bits per heavy atom. The lowest BCUT2D eigenvalue weighted by Gasteiger charge is -2.26. The maximum absolute atomic E-state index is 13.4. The van der Waals surface area contributed by atoms with E-state index in [2.05, 4.69) is 10.3 Å². The fraction of sp³-hybridized carbons (Fsp3) is 0.179. The molecular weight excluding hydrogens is 486 g/mol. The smallest absolute Gasteiger partial charge is 0.335 e. The van der Waals surface area contributed by atoms with Gasteiger partial charge in [0.25, 0.3) is 17.4 Å². The number of imide groups is 2. The molecule has 1 fully saturated rings. The topological polar surface area (TPSA) is 116 Å². The molecule has 2 aromatic carbocycles. The number of barbiturate groups is 1. The first kappa shape index (κ1) is 24.7. The number of nitrogens with zero attached hydrogens (tertiary/aromatic N) is 4. The van der Waals surface area contributed by atoms with Crippen LogP contribution in [0.3, 0.4) is 0 Å². The predicted octanol–water partition coefficient (Wildman–Crippen LogP) is 3.50. The highest BCUT2D eigenvalue weighted by molar-refractivity contribution is 6.39. The second-order valence-electron chi connectivity index (χ2n) is 8.82. The van der Waals surface area contributed by atoms with E-state index in [1.165, 1.54) is 10.8 Å². The number of aromatic nitrogens is 3. The molecule has 0 spiro atoms. The Labute approximate surface area is 217 Å². The number of carbonyl (C=O) groups is 3. The van der Waals surface area contributed by atoms with Gasteiger partial charge in [-0.2, -0.15) is 4.68 Å². The van der Waals surface area contributed by atoms with Gasteiger partial charge in [0.05, 0.1) is 23.2 Å². The van der Waals surface area contributed by atoms with Gasteiger partial charge in [-0.25, -0.2) is 14.7 Å². The average molecular weight is 512 g/mol. The van der Waals surface area contributed by atoms with Crippen molar-refractivity contribution in [2.45, 2.75) is 27.7 Å². The molecule has 0 aliphatic carbocycles. The molecule has 1 saturated heterocycles. The molecule has 1 N–H and O–H groups in total. The van der Waals surface area contributed by atoms with Crippen LogP contribution >= 0.6 is 0 Å². The lowest BCUT2D eigenvalue weighted by molar-refractivity contribution is -0.122. The minimum atomic E-state index is -0.837. The number of amides is 4. The normalized spacial score (nSPS) is 14.9. The largest absolute Gasteiger partial charge is 0.494 e. The summed E-state index contributed by atoms with van der Waals surface area (Å²) in [7, 11) is 0. The van der Waals surface area contributed by atoms with Crippen LogP contribution in [0.4, 0.5) is 10.5 Å². The van der Waals surface area contributed by atoms with Crippen molar-refractivity contribution >= 4 is 40.5 Å². The Kier molecular flexibility index (Phi) is 6.15. The van der Waals surface area contributed by atoms with E-state index < -0.39 is 17.8 Å². The van der Waals surface area contributed by atoms with Crippen molar-refractivity contribution in [3.63, 3.8) is 0 Å². The molecular formula is C28H25N5O5. The molecule has 0 bridgehead atoms. The van der Waals surface area contributed by atoms with Crippen LogP contribution in [-0.2, 0) is 9.59 Å². The Hall–Kier alpha value is -4.99. The maximum Gasteiger partial charge on any atom is 0.335 e. The standard InChI is InChI=1S/C28H25N5O5/c1-5-38-21-12-10-20(11-13-21)31-26(35)23(25(34)30-28(31)37)15-19-14-16(2)32(17(19)3)33-18(4)29-24-9-7-6-8-22(24)27(33)36/h6-15H,5H2,1-4H3,(H,30,34,37). The van der Waals surface area contributed by atoms with E-state index in [-0.39, 0.29) is 11.1 Å². The fourth-order valence-corrected chi connectivity index (χ4v) is 4.61. The van der Waals surface area contributed by atoms with Crippen LogP contribution in [0, 0.1) is 20.8 Å². The van der Waals surface area contributed by atoms with Crippen LogP contribution in [0.1, 0.15) is 29.7 Å². The summed E-state index contributed by atoms with van der Waals surface area (Å²) in [5.41, 5.74) is 2.29. The third-order valence-electron chi connectivity index (χ3n) is 6.36. The van der Waals surface area contributed by atoms with Crippen LogP contribution in [0.25, 0.3) is 17.0 Å². The van der Waals surface area contributed by atoms with Gasteiger partial charge in [0.15, 0.2) is 0 Å². The molecule has 5 rings (SSSR count). The summed E-state index contributed by atoms with van der Waals surface area (Å²) < 4.78 is 8.59. The molecule has 0 atom stereocenters. The zero-order chi connectivity index (χ0) is 27.1. The number of benzene rings is 2. The molecule has 0 unspecified atom stereocenters. The van der Waals surface area contributed by atoms with Crippen LogP contribution in [0.15, 0.2) is 65.0 Å². The predicted molar refractivity (Wildman–Crippen MR) is 142 cm³/mol. The van der Waals surface area contributed by atoms with Gasteiger partial charge >= 0.3 is 6.03 Å². The second-order valence-corrected chi connectivity index (χ2v) is 8.82. The molecule has 192 valence electrons. The van der Waals surface area contributed by atoms with Crippen molar-refractivity contribution < 1.29 is 19.1 Å². The van der Waals surface area contributed by atoms with Gasteiger partial charge in [0.2, 0.25) is 0 Å². The molecule has 2 aromatic heterocycles. The zero-order valence-electron chi connectivity index (χ0n) is 21.3. The highest BCUT2D eigenvalue weighted by Gasteiger charge is 2.37. The molecule has 0 radical (unpaired) electrons. The number of hydrogen-bond acceptors (Lipinski definition) is 6. The molecule has 1 aliphatic rings. The van der Waals surface area contributed by atoms with Crippen molar-refractivity contribution in [1.82, 2.24) is 19.7 Å². The van der Waals surface area contributed by atoms with E-state index in [0.717, 1.165) is 4.90 Å². The third kappa shape index (κ3) is 4.05. The van der Waals surface area contributed by atoms with Crippen LogP contribution in [0.5, 0.6) is 5.75 Å². The minimum Gasteiger partial charge on any atom is -0.494 e. The number of fused-ring (bicyclic) bond motifs is 1. The minimum absolute atomic E-state index is 0.209. The van der Waals surface area contributed by atoms with E-state index in [1.54, 1.807) is 67.1 Å². The van der Waals surface area contributed by atoms with Gasteiger partial charge in [0, 0.05) is 11.4 Å². The van der Waals surface area contributed by atoms with Crippen molar-refractivity contribution in [2.75, 3.05) is 11.5 Å². The van der Waals surface area contributed by atoms with Gasteiger partial charge in [0.1, 0.15) is 17.1 Å². The lowest BCUT2D eigenvalue weighted by atomic mass is 10.1. The number of carbonyl (C=O) groups excluding carboxylic acids is 3. The average Bonchev–Trinajstić information content (AvgIpc) is 3.15. The SMILES string of the molecule is CCOc1ccc(N2C(=O)NC(=O)C(=Cc3cc(C)n(-n4c(C)nc5ccccc5c4=O)c3C)C2=O)cc1. The quantitative estimate of drug-likeness (QED) is 0.324. The maximum atomic E-state index is 13.4. The number of urea groups is 1. The van der Waals surface area contributed by atoms with Crippen molar-refractivity contribution in [2.24, 2.45) is 0 Å². The highest BCUT2D eigenvalue weighted by atomic mass is 16.5. The summed E-state index contributed by atoms with van der Waals surface area (Å²) in [4.78, 5) is 57.5. The first-order chi connectivity index (χ1) is 18.2. The Balaban J connectivity index is 1.57. The number of ether oxygens (including phenoxy) is 1. The highest BCUT2D eigenvalue weighted by Crippen LogP contribution is 2.26. The third-order valence-corrected chi connectivity index (χ3v) is 6.36. The number of hydrogen-bond donors (Lipinski definition) is 1. The van der Waals surface area contributed by atoms with Crippen LogP contribution in [-0.4, -0.2) is 38.8 Å². The van der Waals surface area contributed by atoms with Crippen LogP contribution < -0.4 is 20.5 Å². The van der Waals surface area contributed by atoms with Gasteiger partial charge in [-0.1, -0.05) is 12.1 Å². The summed E-state index contributed by atoms with van der Waals surface area (Å²) in [5.74, 6) is -0.483. The van der Waals surface area contributed by atoms with E-state index in [4.69, 9.17) is 4.74 Å². The molecule has 4 amide bonds. The summed E-state index contributed by atoms with van der Waals surface area (Å²) >= 11 is 0. The van der Waals surface area contributed by atoms with E-state index in [9.17, 15) is 19.2 Å². The van der Waals surface area contributed by atoms with Crippen molar-refractivity contribution in [1.29, 1.82) is 0 Å². The van der Waals surface area contributed by atoms with E-state index in [0.29, 0.717) is 51.7 Å². The molecule has 4 aromatic rings. The van der Waals surface area contributed by atoms with Gasteiger partial charge < -0.3 is 4.74 Å². The Morgan fingerprint density at radius 3 is 2.37 bits per heavy atom. The van der Waals surface area contributed by atoms with E-state index >= 15 is 0 Å². The molecule has 38 heavy (non-hydrogen) atoms. The van der Waals surface area contributed by atoms with Crippen molar-refractivity contribution in [3.8, 4) is 5.75 Å². The van der Waals surface area contributed by atoms with Gasteiger partial charge in [-0.15, -0.1) is 0 Å². The lowest BCUT2D eigenvalue weighted by Crippen LogP contribution is -2.54. The number of nitrogens with one attached hydrogen (secondary N) is 1. The van der Waals surface area contributed by atoms with Crippen LogP contribution in [0.2, 0.25) is 0 Å². The number of aryl methyl sites for hydroxylation is 2. The number of rotatable bonds is 5. The van der Waals surface area contributed by atoms with Gasteiger partial charge in [-0.3, -0.25) is 24.4 Å². The monoisotopic (exact) mass is 511 g/mol. The second kappa shape index (κ2) is 9.47. The Bertz CT molecular complexity index is 1710. The van der Waals surface area contributed by atoms with Crippen molar-refractivity contribution in [3.05, 3.63) is 93.3 Å². The number of anilines is 1. The first-order valence-electron chi connectivity index (χ1n) is 12.0. The summed E-state index contributed by atoms with van der Waals surface area (Å²) in [5, 5.41) is 2.70. The summed E-state index contributed by atoms with van der Waals surface area (Å²) in [6.45, 7) is 7.66. The first-order valence-corrected chi connectivity index (χ1v) is 12.0.